The molecule has 0 unspecified atom stereocenters. The van der Waals surface area contributed by atoms with Crippen LogP contribution < -0.4 is 9.62 Å². The Morgan fingerprint density at radius 1 is 1.29 bits per heavy atom. The van der Waals surface area contributed by atoms with Gasteiger partial charge in [0.15, 0.2) is 0 Å². The third-order valence-corrected chi connectivity index (χ3v) is 5.69. The van der Waals surface area contributed by atoms with Crippen LogP contribution in [0.4, 0.5) is 5.69 Å². The molecule has 0 saturated carbocycles. The lowest BCUT2D eigenvalue weighted by atomic mass is 10.2. The molecule has 1 aliphatic rings. The van der Waals surface area contributed by atoms with Gasteiger partial charge in [0.1, 0.15) is 0 Å². The Morgan fingerprint density at radius 3 is 2.54 bits per heavy atom. The van der Waals surface area contributed by atoms with Crippen LogP contribution in [-0.4, -0.2) is 57.7 Å². The molecule has 24 heavy (non-hydrogen) atoms. The van der Waals surface area contributed by atoms with Gasteiger partial charge in [-0.2, -0.15) is 12.7 Å². The lowest BCUT2D eigenvalue weighted by molar-refractivity contribution is -0.0443. The first-order chi connectivity index (χ1) is 11.3. The highest BCUT2D eigenvalue weighted by Gasteiger charge is 2.30. The highest BCUT2D eigenvalue weighted by molar-refractivity contribution is 7.87. The second-order valence-corrected chi connectivity index (χ2v) is 8.15. The van der Waals surface area contributed by atoms with Gasteiger partial charge in [-0.15, -0.1) is 0 Å². The average Bonchev–Trinajstić information content (AvgIpc) is 2.50. The maximum atomic E-state index is 12.5. The number of rotatable bonds is 7. The summed E-state index contributed by atoms with van der Waals surface area (Å²) in [6.07, 6.45) is -0.158. The summed E-state index contributed by atoms with van der Waals surface area (Å²) in [6.45, 7) is 10.6. The van der Waals surface area contributed by atoms with Gasteiger partial charge in [0.05, 0.1) is 12.2 Å². The number of aryl methyl sites for hydroxylation is 1. The number of morpholine rings is 1. The molecule has 1 aromatic rings. The molecule has 0 radical (unpaired) electrons. The van der Waals surface area contributed by atoms with Gasteiger partial charge < -0.3 is 9.64 Å². The predicted octanol–water partition coefficient (Wildman–Crippen LogP) is 1.76. The van der Waals surface area contributed by atoms with Gasteiger partial charge in [0.25, 0.3) is 10.2 Å². The third-order valence-electron chi connectivity index (χ3n) is 4.14. The molecule has 7 heteroatoms. The van der Waals surface area contributed by atoms with Crippen molar-refractivity contribution in [1.29, 1.82) is 0 Å². The molecular formula is C17H29N3O3S. The Hall–Kier alpha value is -1.15. The van der Waals surface area contributed by atoms with Crippen molar-refractivity contribution in [1.82, 2.24) is 9.03 Å². The number of anilines is 1. The van der Waals surface area contributed by atoms with Crippen molar-refractivity contribution >= 4 is 15.9 Å². The van der Waals surface area contributed by atoms with Gasteiger partial charge in [-0.1, -0.05) is 12.1 Å². The number of hydrogen-bond donors (Lipinski definition) is 1. The SMILES string of the molecule is CCN(CCNS(=O)(=O)N1C[C@@H](C)O[C@@H](C)C1)c1cccc(C)c1. The molecule has 1 aromatic carbocycles. The van der Waals surface area contributed by atoms with Crippen molar-refractivity contribution in [2.75, 3.05) is 37.6 Å². The highest BCUT2D eigenvalue weighted by atomic mass is 32.2. The molecule has 1 aliphatic heterocycles. The summed E-state index contributed by atoms with van der Waals surface area (Å²) in [6, 6.07) is 8.24. The largest absolute Gasteiger partial charge is 0.373 e. The molecule has 0 amide bonds. The zero-order valence-corrected chi connectivity index (χ0v) is 15.8. The zero-order valence-electron chi connectivity index (χ0n) is 15.0. The molecule has 0 spiro atoms. The van der Waals surface area contributed by atoms with Crippen LogP contribution in [0.3, 0.4) is 0 Å². The molecule has 2 rings (SSSR count). The van der Waals surface area contributed by atoms with Crippen molar-refractivity contribution < 1.29 is 13.2 Å². The second-order valence-electron chi connectivity index (χ2n) is 6.39. The van der Waals surface area contributed by atoms with Gasteiger partial charge >= 0.3 is 0 Å². The minimum absolute atomic E-state index is 0.0789. The summed E-state index contributed by atoms with van der Waals surface area (Å²) >= 11 is 0. The predicted molar refractivity (Wildman–Crippen MR) is 97.6 cm³/mol. The molecule has 136 valence electrons. The number of nitrogens with one attached hydrogen (secondary N) is 1. The highest BCUT2D eigenvalue weighted by Crippen LogP contribution is 2.16. The molecule has 6 nitrogen and oxygen atoms in total. The molecule has 0 bridgehead atoms. The van der Waals surface area contributed by atoms with E-state index in [1.165, 1.54) is 9.87 Å². The minimum Gasteiger partial charge on any atom is -0.373 e. The summed E-state index contributed by atoms with van der Waals surface area (Å²) in [5.41, 5.74) is 2.31. The van der Waals surface area contributed by atoms with Crippen molar-refractivity contribution in [2.24, 2.45) is 0 Å². The van der Waals surface area contributed by atoms with E-state index in [2.05, 4.69) is 41.7 Å². The van der Waals surface area contributed by atoms with Gasteiger partial charge in [-0.25, -0.2) is 4.72 Å². The molecule has 1 fully saturated rings. The van der Waals surface area contributed by atoms with Crippen LogP contribution in [0.15, 0.2) is 24.3 Å². The number of benzene rings is 1. The maximum absolute atomic E-state index is 12.5. The lowest BCUT2D eigenvalue weighted by Gasteiger charge is -2.34. The van der Waals surface area contributed by atoms with E-state index in [0.29, 0.717) is 26.2 Å². The van der Waals surface area contributed by atoms with E-state index in [1.54, 1.807) is 0 Å². The monoisotopic (exact) mass is 355 g/mol. The summed E-state index contributed by atoms with van der Waals surface area (Å²) < 4.78 is 34.8. The summed E-state index contributed by atoms with van der Waals surface area (Å²) in [5, 5.41) is 0. The molecular weight excluding hydrogens is 326 g/mol. The second kappa shape index (κ2) is 8.29. The van der Waals surface area contributed by atoms with Crippen molar-refractivity contribution in [3.63, 3.8) is 0 Å². The molecule has 0 aliphatic carbocycles. The Kier molecular flexibility index (Phi) is 6.62. The van der Waals surface area contributed by atoms with Crippen LogP contribution in [-0.2, 0) is 14.9 Å². The quantitative estimate of drug-likeness (QED) is 0.810. The van der Waals surface area contributed by atoms with E-state index in [-0.39, 0.29) is 12.2 Å². The summed E-state index contributed by atoms with van der Waals surface area (Å²) in [4.78, 5) is 2.17. The van der Waals surface area contributed by atoms with Crippen molar-refractivity contribution in [2.45, 2.75) is 39.9 Å². The van der Waals surface area contributed by atoms with Gasteiger partial charge in [-0.05, 0) is 45.4 Å². The maximum Gasteiger partial charge on any atom is 0.279 e. The van der Waals surface area contributed by atoms with Crippen molar-refractivity contribution in [3.8, 4) is 0 Å². The average molecular weight is 356 g/mol. The van der Waals surface area contributed by atoms with Crippen LogP contribution in [0.25, 0.3) is 0 Å². The molecule has 0 aromatic heterocycles. The van der Waals surface area contributed by atoms with Crippen LogP contribution in [0.1, 0.15) is 26.3 Å². The van der Waals surface area contributed by atoms with Crippen LogP contribution >= 0.6 is 0 Å². The Bertz CT molecular complexity index is 626. The first-order valence-corrected chi connectivity index (χ1v) is 9.97. The minimum atomic E-state index is -3.47. The first-order valence-electron chi connectivity index (χ1n) is 8.53. The molecule has 1 heterocycles. The number of hydrogen-bond acceptors (Lipinski definition) is 4. The normalized spacial score (nSPS) is 22.5. The fourth-order valence-electron chi connectivity index (χ4n) is 3.02. The van der Waals surface area contributed by atoms with Crippen molar-refractivity contribution in [3.05, 3.63) is 29.8 Å². The molecule has 1 N–H and O–H groups in total. The fourth-order valence-corrected chi connectivity index (χ4v) is 4.37. The van der Waals surface area contributed by atoms with Gasteiger partial charge in [0, 0.05) is 38.4 Å². The number of likely N-dealkylation sites (N-methyl/N-ethyl adjacent to an activating group) is 1. The van der Waals surface area contributed by atoms with E-state index in [9.17, 15) is 8.42 Å². The standard InChI is InChI=1S/C17H29N3O3S/c1-5-19(17-8-6-7-14(2)11-17)10-9-18-24(21,22)20-12-15(3)23-16(4)13-20/h6-8,11,15-16,18H,5,9-10,12-13H2,1-4H3/t15-,16+. The Morgan fingerprint density at radius 2 is 1.96 bits per heavy atom. The van der Waals surface area contributed by atoms with Crippen LogP contribution in [0.5, 0.6) is 0 Å². The summed E-state index contributed by atoms with van der Waals surface area (Å²) in [7, 11) is -3.47. The van der Waals surface area contributed by atoms with Gasteiger partial charge in [0.2, 0.25) is 0 Å². The molecule has 1 saturated heterocycles. The smallest absolute Gasteiger partial charge is 0.279 e. The van der Waals surface area contributed by atoms with E-state index >= 15 is 0 Å². The van der Waals surface area contributed by atoms with E-state index < -0.39 is 10.2 Å². The summed E-state index contributed by atoms with van der Waals surface area (Å²) in [5.74, 6) is 0. The number of nitrogens with zero attached hydrogens (tertiary/aromatic N) is 2. The zero-order chi connectivity index (χ0) is 17.7. The first kappa shape index (κ1) is 19.2. The van der Waals surface area contributed by atoms with Crippen LogP contribution in [0, 0.1) is 6.92 Å². The van der Waals surface area contributed by atoms with Gasteiger partial charge in [-0.3, -0.25) is 0 Å². The van der Waals surface area contributed by atoms with E-state index in [4.69, 9.17) is 4.74 Å². The van der Waals surface area contributed by atoms with E-state index in [1.807, 2.05) is 19.9 Å². The number of ether oxygens (including phenoxy) is 1. The third kappa shape index (κ3) is 5.17. The Balaban J connectivity index is 1.91. The van der Waals surface area contributed by atoms with E-state index in [0.717, 1.165) is 12.2 Å². The molecule has 2 atom stereocenters. The Labute approximate surface area is 146 Å². The topological polar surface area (TPSA) is 61.9 Å². The van der Waals surface area contributed by atoms with Crippen LogP contribution in [0.2, 0.25) is 0 Å². The lowest BCUT2D eigenvalue weighted by Crippen LogP contribution is -2.52. The fraction of sp³-hybridized carbons (Fsp3) is 0.647.